The quantitative estimate of drug-likeness (QED) is 0.655. The molecule has 2 aromatic carbocycles. The minimum Gasteiger partial charge on any atom is -0.441 e. The van der Waals surface area contributed by atoms with Gasteiger partial charge in [0.1, 0.15) is 5.52 Å². The fourth-order valence-corrected chi connectivity index (χ4v) is 4.02. The van der Waals surface area contributed by atoms with E-state index in [2.05, 4.69) is 34.3 Å². The van der Waals surface area contributed by atoms with E-state index in [1.165, 1.54) is 24.8 Å². The van der Waals surface area contributed by atoms with E-state index in [1.807, 2.05) is 30.3 Å². The third-order valence-corrected chi connectivity index (χ3v) is 5.79. The van der Waals surface area contributed by atoms with Gasteiger partial charge in [0.2, 0.25) is 0 Å². The van der Waals surface area contributed by atoms with Gasteiger partial charge in [0.25, 0.3) is 5.91 Å². The number of benzene rings is 2. The van der Waals surface area contributed by atoms with E-state index < -0.39 is 0 Å². The van der Waals surface area contributed by atoms with Crippen LogP contribution in [0.5, 0.6) is 0 Å². The highest BCUT2D eigenvalue weighted by Crippen LogP contribution is 2.19. The van der Waals surface area contributed by atoms with Crippen molar-refractivity contribution in [3.63, 3.8) is 0 Å². The first-order chi connectivity index (χ1) is 14.2. The summed E-state index contributed by atoms with van der Waals surface area (Å²) in [6, 6.07) is 16.4. The number of oxazole rings is 1. The minimum absolute atomic E-state index is 0.0567. The lowest BCUT2D eigenvalue weighted by Gasteiger charge is -2.33. The maximum absolute atomic E-state index is 12.5. The molecule has 0 saturated carbocycles. The number of nitrogens with zero attached hydrogens (tertiary/aromatic N) is 2. The lowest BCUT2D eigenvalue weighted by atomic mass is 10.0. The lowest BCUT2D eigenvalue weighted by molar-refractivity contribution is 0.0938. The number of amides is 1. The lowest BCUT2D eigenvalue weighted by Crippen LogP contribution is -2.42. The Hall–Kier alpha value is -2.66. The molecule has 152 valence electrons. The van der Waals surface area contributed by atoms with Crippen molar-refractivity contribution in [3.05, 3.63) is 65.5 Å². The summed E-state index contributed by atoms with van der Waals surface area (Å²) < 4.78 is 5.89. The Bertz CT molecular complexity index is 951. The number of likely N-dealkylation sites (tertiary alicyclic amines) is 1. The van der Waals surface area contributed by atoms with Gasteiger partial charge in [-0.3, -0.25) is 9.69 Å². The Morgan fingerprint density at radius 1 is 1.17 bits per heavy atom. The molecule has 0 bridgehead atoms. The van der Waals surface area contributed by atoms with Crippen molar-refractivity contribution in [2.75, 3.05) is 19.6 Å². The fraction of sp³-hybridized carbons (Fsp3) is 0.417. The molecule has 5 nitrogen and oxygen atoms in total. The number of carbonyl (C=O) groups is 1. The minimum atomic E-state index is -0.0567. The molecule has 4 rings (SSSR count). The van der Waals surface area contributed by atoms with Crippen LogP contribution in [-0.4, -0.2) is 41.5 Å². The highest BCUT2D eigenvalue weighted by molar-refractivity contribution is 5.97. The number of hydrogen-bond acceptors (Lipinski definition) is 4. The van der Waals surface area contributed by atoms with E-state index in [9.17, 15) is 4.79 Å². The van der Waals surface area contributed by atoms with Gasteiger partial charge in [-0.2, -0.15) is 0 Å². The van der Waals surface area contributed by atoms with Crippen LogP contribution in [0.15, 0.2) is 52.9 Å². The van der Waals surface area contributed by atoms with Gasteiger partial charge in [0, 0.05) is 31.1 Å². The second-order valence-corrected chi connectivity index (χ2v) is 7.91. The molecule has 0 aliphatic carbocycles. The molecule has 29 heavy (non-hydrogen) atoms. The van der Waals surface area contributed by atoms with Crippen molar-refractivity contribution in [2.24, 2.45) is 0 Å². The molecule has 1 aliphatic rings. The smallest absolute Gasteiger partial charge is 0.251 e. The van der Waals surface area contributed by atoms with Gasteiger partial charge in [-0.15, -0.1) is 0 Å². The van der Waals surface area contributed by atoms with Crippen molar-refractivity contribution in [1.29, 1.82) is 0 Å². The van der Waals surface area contributed by atoms with Gasteiger partial charge in [0.05, 0.1) is 0 Å². The Morgan fingerprint density at radius 2 is 2.03 bits per heavy atom. The monoisotopic (exact) mass is 391 g/mol. The molecule has 0 unspecified atom stereocenters. The van der Waals surface area contributed by atoms with Crippen LogP contribution in [0.1, 0.15) is 48.0 Å². The zero-order valence-electron chi connectivity index (χ0n) is 17.1. The van der Waals surface area contributed by atoms with Crippen LogP contribution < -0.4 is 5.32 Å². The van der Waals surface area contributed by atoms with Crippen molar-refractivity contribution in [1.82, 2.24) is 15.2 Å². The van der Waals surface area contributed by atoms with Crippen LogP contribution >= 0.6 is 0 Å². The molecule has 1 atom stereocenters. The molecular weight excluding hydrogens is 362 g/mol. The topological polar surface area (TPSA) is 58.4 Å². The van der Waals surface area contributed by atoms with E-state index in [-0.39, 0.29) is 5.91 Å². The normalized spacial score (nSPS) is 17.5. The number of nitrogens with one attached hydrogen (secondary N) is 1. The summed E-state index contributed by atoms with van der Waals surface area (Å²) in [7, 11) is 0. The average molecular weight is 392 g/mol. The van der Waals surface area contributed by atoms with Gasteiger partial charge in [-0.25, -0.2) is 4.98 Å². The summed E-state index contributed by atoms with van der Waals surface area (Å²) in [5.74, 6) is 0.652. The molecule has 0 radical (unpaired) electrons. The Balaban J connectivity index is 1.33. The molecule has 1 amide bonds. The molecule has 3 aromatic rings. The maximum atomic E-state index is 12.5. The second-order valence-electron chi connectivity index (χ2n) is 7.91. The summed E-state index contributed by atoms with van der Waals surface area (Å²) in [6.45, 7) is 4.97. The van der Waals surface area contributed by atoms with Crippen molar-refractivity contribution < 1.29 is 9.21 Å². The van der Waals surface area contributed by atoms with Gasteiger partial charge in [-0.05, 0) is 56.5 Å². The first-order valence-corrected chi connectivity index (χ1v) is 10.6. The third kappa shape index (κ3) is 5.04. The molecule has 1 fully saturated rings. The zero-order chi connectivity index (χ0) is 20.1. The van der Waals surface area contributed by atoms with E-state index in [1.54, 1.807) is 6.07 Å². The van der Waals surface area contributed by atoms with Crippen LogP contribution in [0.2, 0.25) is 0 Å². The molecule has 1 N–H and O–H groups in total. The van der Waals surface area contributed by atoms with Crippen molar-refractivity contribution in [2.45, 2.75) is 45.1 Å². The number of aryl methyl sites for hydroxylation is 2. The summed E-state index contributed by atoms with van der Waals surface area (Å²) >= 11 is 0. The highest BCUT2D eigenvalue weighted by atomic mass is 16.3. The SMILES string of the molecule is C[C@H]1CCCCN1CCNC(=O)c1ccc2nc(CCc3ccccc3)oc2c1. The van der Waals surface area contributed by atoms with Crippen LogP contribution in [0.25, 0.3) is 11.1 Å². The van der Waals surface area contributed by atoms with Crippen LogP contribution in [0.3, 0.4) is 0 Å². The Kier molecular flexibility index (Phi) is 6.25. The molecule has 5 heteroatoms. The predicted molar refractivity (Wildman–Crippen MR) is 115 cm³/mol. The van der Waals surface area contributed by atoms with Gasteiger partial charge < -0.3 is 9.73 Å². The van der Waals surface area contributed by atoms with Gasteiger partial charge in [0.15, 0.2) is 11.5 Å². The van der Waals surface area contributed by atoms with Crippen molar-refractivity contribution >= 4 is 17.0 Å². The number of rotatable bonds is 7. The fourth-order valence-electron chi connectivity index (χ4n) is 4.02. The molecular formula is C24H29N3O2. The summed E-state index contributed by atoms with van der Waals surface area (Å²) in [6.07, 6.45) is 5.45. The van der Waals surface area contributed by atoms with Crippen LogP contribution in [-0.2, 0) is 12.8 Å². The van der Waals surface area contributed by atoms with Gasteiger partial charge >= 0.3 is 0 Å². The molecule has 0 spiro atoms. The molecule has 2 heterocycles. The largest absolute Gasteiger partial charge is 0.441 e. The molecule has 1 aliphatic heterocycles. The third-order valence-electron chi connectivity index (χ3n) is 5.79. The average Bonchev–Trinajstić information content (AvgIpc) is 3.16. The number of aromatic nitrogens is 1. The van der Waals surface area contributed by atoms with E-state index in [0.29, 0.717) is 29.6 Å². The second kappa shape index (κ2) is 9.23. The van der Waals surface area contributed by atoms with E-state index in [0.717, 1.165) is 31.4 Å². The maximum Gasteiger partial charge on any atom is 0.251 e. The number of hydrogen-bond donors (Lipinski definition) is 1. The Labute approximate surface area is 172 Å². The first-order valence-electron chi connectivity index (χ1n) is 10.6. The van der Waals surface area contributed by atoms with Crippen LogP contribution in [0, 0.1) is 0 Å². The number of piperidine rings is 1. The van der Waals surface area contributed by atoms with Gasteiger partial charge in [-0.1, -0.05) is 36.8 Å². The number of carbonyl (C=O) groups excluding carboxylic acids is 1. The zero-order valence-corrected chi connectivity index (χ0v) is 17.1. The number of fused-ring (bicyclic) bond motifs is 1. The predicted octanol–water partition coefficient (Wildman–Crippen LogP) is 4.22. The standard InChI is InChI=1S/C24H29N3O2/c1-18-7-5-6-15-27(18)16-14-25-24(28)20-11-12-21-22(17-20)29-23(26-21)13-10-19-8-3-2-4-9-19/h2-4,8-9,11-12,17-18H,5-7,10,13-16H2,1H3,(H,25,28)/t18-/m0/s1. The summed E-state index contributed by atoms with van der Waals surface area (Å²) in [5, 5.41) is 3.04. The highest BCUT2D eigenvalue weighted by Gasteiger charge is 2.18. The summed E-state index contributed by atoms with van der Waals surface area (Å²) in [5.41, 5.74) is 3.35. The molecule has 1 saturated heterocycles. The first kappa shape index (κ1) is 19.6. The van der Waals surface area contributed by atoms with Crippen LogP contribution in [0.4, 0.5) is 0 Å². The van der Waals surface area contributed by atoms with E-state index in [4.69, 9.17) is 4.42 Å². The van der Waals surface area contributed by atoms with Crippen molar-refractivity contribution in [3.8, 4) is 0 Å². The van der Waals surface area contributed by atoms with E-state index >= 15 is 0 Å². The summed E-state index contributed by atoms with van der Waals surface area (Å²) in [4.78, 5) is 19.6. The molecule has 1 aromatic heterocycles. The Morgan fingerprint density at radius 3 is 2.86 bits per heavy atom.